The zero-order valence-electron chi connectivity index (χ0n) is 15.9. The van der Waals surface area contributed by atoms with Crippen LogP contribution in [0.4, 0.5) is 13.2 Å². The van der Waals surface area contributed by atoms with E-state index in [1.807, 2.05) is 0 Å². The Kier molecular flexibility index (Phi) is 5.46. The number of halogens is 3. The van der Waals surface area contributed by atoms with Gasteiger partial charge in [-0.15, -0.1) is 24.9 Å². The van der Waals surface area contributed by atoms with Crippen LogP contribution >= 0.6 is 11.8 Å². The van der Waals surface area contributed by atoms with Crippen molar-refractivity contribution in [3.05, 3.63) is 54.2 Å². The molecule has 0 saturated carbocycles. The van der Waals surface area contributed by atoms with Gasteiger partial charge < -0.3 is 20.1 Å². The van der Waals surface area contributed by atoms with Crippen molar-refractivity contribution >= 4 is 34.5 Å². The van der Waals surface area contributed by atoms with Gasteiger partial charge in [-0.05, 0) is 50.2 Å². The minimum atomic E-state index is -4.86. The molecule has 3 aromatic rings. The first-order valence-corrected chi connectivity index (χ1v) is 9.43. The predicted octanol–water partition coefficient (Wildman–Crippen LogP) is 4.58. The number of rotatable bonds is 6. The van der Waals surface area contributed by atoms with Gasteiger partial charge in [-0.3, -0.25) is 9.59 Å². The van der Waals surface area contributed by atoms with E-state index in [9.17, 15) is 27.9 Å². The molecule has 158 valence electrons. The molecule has 1 aromatic heterocycles. The van der Waals surface area contributed by atoms with E-state index < -0.39 is 28.7 Å². The summed E-state index contributed by atoms with van der Waals surface area (Å²) in [5, 5.41) is 9.83. The van der Waals surface area contributed by atoms with Crippen LogP contribution in [0.15, 0.2) is 53.4 Å². The summed E-state index contributed by atoms with van der Waals surface area (Å²) in [7, 11) is 0. The first kappa shape index (κ1) is 21.6. The number of ether oxygens (including phenoxy) is 1. The summed E-state index contributed by atoms with van der Waals surface area (Å²) in [5.74, 6) is -2.22. The predicted molar refractivity (Wildman–Crippen MR) is 106 cm³/mol. The van der Waals surface area contributed by atoms with Crippen LogP contribution in [0.2, 0.25) is 0 Å². The second kappa shape index (κ2) is 7.60. The number of benzene rings is 2. The van der Waals surface area contributed by atoms with Gasteiger partial charge in [0.1, 0.15) is 16.2 Å². The quantitative estimate of drug-likeness (QED) is 0.549. The van der Waals surface area contributed by atoms with Gasteiger partial charge >= 0.3 is 12.3 Å². The van der Waals surface area contributed by atoms with Crippen molar-refractivity contribution in [3.8, 4) is 11.4 Å². The number of alkyl halides is 3. The van der Waals surface area contributed by atoms with E-state index >= 15 is 0 Å². The molecule has 0 aliphatic heterocycles. The lowest BCUT2D eigenvalue weighted by Gasteiger charge is -2.19. The number of hydrogen-bond acceptors (Lipinski definition) is 4. The van der Waals surface area contributed by atoms with Crippen LogP contribution in [0.5, 0.6) is 5.75 Å². The average Bonchev–Trinajstić information content (AvgIpc) is 2.99. The minimum Gasteiger partial charge on any atom is -0.480 e. The van der Waals surface area contributed by atoms with Gasteiger partial charge in [0.05, 0.1) is 5.52 Å². The Labute approximate surface area is 173 Å². The number of hydrogen-bond donors (Lipinski definition) is 2. The van der Waals surface area contributed by atoms with Gasteiger partial charge in [-0.1, -0.05) is 6.07 Å². The van der Waals surface area contributed by atoms with Crippen molar-refractivity contribution in [3.63, 3.8) is 0 Å². The number of amides is 1. The van der Waals surface area contributed by atoms with Gasteiger partial charge in [0.2, 0.25) is 0 Å². The summed E-state index contributed by atoms with van der Waals surface area (Å²) in [4.78, 5) is 24.0. The maximum absolute atomic E-state index is 12.6. The molecule has 0 fully saturated rings. The van der Waals surface area contributed by atoms with Crippen LogP contribution in [0, 0.1) is 0 Å². The summed E-state index contributed by atoms with van der Waals surface area (Å²) in [5.41, 5.74) is 6.27. The normalized spacial score (nSPS) is 12.2. The number of carbonyl (C=O) groups is 2. The van der Waals surface area contributed by atoms with Crippen molar-refractivity contribution < 1.29 is 32.6 Å². The monoisotopic (exact) mass is 438 g/mol. The summed E-state index contributed by atoms with van der Waals surface area (Å²) in [6.07, 6.45) is -4.86. The standard InChI is InChI=1S/C20H17F3N2O4S/c1-19(2,18(27)28)30-14-5-3-4-12(9-14)25-15-10-13(29-20(21,22)23)7-6-11(15)8-16(25)17(24)26/h3-10H,1-2H3,(H2,24,26)(H,27,28). The largest absolute Gasteiger partial charge is 0.573 e. The molecule has 6 nitrogen and oxygen atoms in total. The first-order chi connectivity index (χ1) is 13.9. The Morgan fingerprint density at radius 1 is 1.10 bits per heavy atom. The zero-order chi connectivity index (χ0) is 22.3. The van der Waals surface area contributed by atoms with Gasteiger partial charge in [-0.2, -0.15) is 0 Å². The molecule has 10 heteroatoms. The number of carbonyl (C=O) groups excluding carboxylic acids is 1. The molecule has 0 aliphatic carbocycles. The van der Waals surface area contributed by atoms with Crippen LogP contribution in [0.3, 0.4) is 0 Å². The maximum Gasteiger partial charge on any atom is 0.573 e. The molecule has 0 bridgehead atoms. The summed E-state index contributed by atoms with van der Waals surface area (Å²) < 4.78 is 42.1. The van der Waals surface area contributed by atoms with E-state index in [0.717, 1.165) is 23.9 Å². The third-order valence-corrected chi connectivity index (χ3v) is 5.40. The van der Waals surface area contributed by atoms with E-state index in [1.54, 1.807) is 38.1 Å². The maximum atomic E-state index is 12.6. The van der Waals surface area contributed by atoms with Crippen LogP contribution in [0.1, 0.15) is 24.3 Å². The molecular formula is C20H17F3N2O4S. The number of aromatic nitrogens is 1. The molecule has 1 amide bonds. The van der Waals surface area contributed by atoms with Crippen molar-refractivity contribution in [2.75, 3.05) is 0 Å². The molecule has 3 N–H and O–H groups in total. The molecule has 0 aliphatic rings. The van der Waals surface area contributed by atoms with E-state index in [2.05, 4.69) is 4.74 Å². The second-order valence-corrected chi connectivity index (χ2v) is 8.61. The number of aliphatic carboxylic acids is 1. The number of primary amides is 1. The van der Waals surface area contributed by atoms with E-state index in [4.69, 9.17) is 5.73 Å². The SMILES string of the molecule is CC(C)(Sc1cccc(-n2c(C(N)=O)cc3ccc(OC(F)(F)F)cc32)c1)C(=O)O. The van der Waals surface area contributed by atoms with Crippen LogP contribution in [-0.4, -0.2) is 32.7 Å². The molecule has 0 unspecified atom stereocenters. The van der Waals surface area contributed by atoms with Crippen molar-refractivity contribution in [1.29, 1.82) is 0 Å². The Morgan fingerprint density at radius 3 is 2.40 bits per heavy atom. The third kappa shape index (κ3) is 4.54. The van der Waals surface area contributed by atoms with Crippen molar-refractivity contribution in [1.82, 2.24) is 4.57 Å². The number of nitrogens with zero attached hydrogens (tertiary/aromatic N) is 1. The highest BCUT2D eigenvalue weighted by Crippen LogP contribution is 2.35. The first-order valence-electron chi connectivity index (χ1n) is 8.61. The lowest BCUT2D eigenvalue weighted by Crippen LogP contribution is -2.26. The van der Waals surface area contributed by atoms with Crippen molar-refractivity contribution in [2.45, 2.75) is 29.9 Å². The fourth-order valence-electron chi connectivity index (χ4n) is 2.86. The topological polar surface area (TPSA) is 94.5 Å². The van der Waals surface area contributed by atoms with Crippen molar-refractivity contribution in [2.24, 2.45) is 5.73 Å². The summed E-state index contributed by atoms with van der Waals surface area (Å²) >= 11 is 1.09. The molecule has 0 atom stereocenters. The average molecular weight is 438 g/mol. The lowest BCUT2D eigenvalue weighted by atomic mass is 10.2. The van der Waals surface area contributed by atoms with E-state index in [0.29, 0.717) is 16.0 Å². The molecular weight excluding hydrogens is 421 g/mol. The molecule has 2 aromatic carbocycles. The van der Waals surface area contributed by atoms with Gasteiger partial charge in [0.25, 0.3) is 5.91 Å². The Balaban J connectivity index is 2.15. The van der Waals surface area contributed by atoms with Gasteiger partial charge in [0.15, 0.2) is 0 Å². The summed E-state index contributed by atoms with van der Waals surface area (Å²) in [6.45, 7) is 3.10. The lowest BCUT2D eigenvalue weighted by molar-refractivity contribution is -0.274. The second-order valence-electron chi connectivity index (χ2n) is 6.91. The third-order valence-electron chi connectivity index (χ3n) is 4.23. The Hall–Kier alpha value is -3.14. The number of thioether (sulfide) groups is 1. The smallest absolute Gasteiger partial charge is 0.480 e. The Bertz CT molecular complexity index is 1140. The van der Waals surface area contributed by atoms with Crippen LogP contribution in [0.25, 0.3) is 16.6 Å². The number of nitrogens with two attached hydrogens (primary N) is 1. The molecule has 3 rings (SSSR count). The number of fused-ring (bicyclic) bond motifs is 1. The highest BCUT2D eigenvalue weighted by atomic mass is 32.2. The highest BCUT2D eigenvalue weighted by molar-refractivity contribution is 8.01. The van der Waals surface area contributed by atoms with E-state index in [-0.39, 0.29) is 11.2 Å². The Morgan fingerprint density at radius 2 is 1.80 bits per heavy atom. The number of carboxylic acid groups (broad SMARTS) is 1. The molecule has 1 heterocycles. The fourth-order valence-corrected chi connectivity index (χ4v) is 3.86. The fraction of sp³-hybridized carbons (Fsp3) is 0.200. The van der Waals surface area contributed by atoms with Gasteiger partial charge in [0, 0.05) is 22.0 Å². The summed E-state index contributed by atoms with van der Waals surface area (Å²) in [6, 6.07) is 11.8. The zero-order valence-corrected chi connectivity index (χ0v) is 16.7. The molecule has 0 saturated heterocycles. The number of carboxylic acids is 1. The van der Waals surface area contributed by atoms with E-state index in [1.165, 1.54) is 16.7 Å². The molecule has 0 spiro atoms. The van der Waals surface area contributed by atoms with Crippen LogP contribution < -0.4 is 10.5 Å². The molecule has 30 heavy (non-hydrogen) atoms. The molecule has 0 radical (unpaired) electrons. The van der Waals surface area contributed by atoms with Gasteiger partial charge in [-0.25, -0.2) is 0 Å². The van der Waals surface area contributed by atoms with Crippen LogP contribution in [-0.2, 0) is 4.79 Å². The minimum absolute atomic E-state index is 0.0637. The highest BCUT2D eigenvalue weighted by Gasteiger charge is 2.31.